The molecule has 5 heteroatoms. The number of ether oxygens (including phenoxy) is 1. The second-order valence-corrected chi connectivity index (χ2v) is 5.58. The molecule has 1 aliphatic carbocycles. The Hall–Kier alpha value is -1.62. The van der Waals surface area contributed by atoms with Gasteiger partial charge < -0.3 is 14.7 Å². The Balaban J connectivity index is 1.66. The maximum atomic E-state index is 12.4. The van der Waals surface area contributed by atoms with Crippen molar-refractivity contribution in [2.75, 3.05) is 13.1 Å². The molecule has 20 heavy (non-hydrogen) atoms. The lowest BCUT2D eigenvalue weighted by atomic mass is 9.96. The van der Waals surface area contributed by atoms with E-state index in [1.54, 1.807) is 23.2 Å². The fraction of sp³-hybridized carbons (Fsp3) is 0.600. The van der Waals surface area contributed by atoms with Crippen molar-refractivity contribution in [3.8, 4) is 5.88 Å². The summed E-state index contributed by atoms with van der Waals surface area (Å²) in [6, 6.07) is 3.45. The summed E-state index contributed by atoms with van der Waals surface area (Å²) in [6.45, 7) is 1.22. The van der Waals surface area contributed by atoms with Crippen molar-refractivity contribution in [3.05, 3.63) is 23.9 Å². The van der Waals surface area contributed by atoms with Crippen LogP contribution in [0.15, 0.2) is 18.3 Å². The van der Waals surface area contributed by atoms with E-state index in [2.05, 4.69) is 4.98 Å². The zero-order valence-electron chi connectivity index (χ0n) is 11.5. The Kier molecular flexibility index (Phi) is 3.87. The standard InChI is InChI=1S/C15H20N2O3/c18-12-5-8-17(9-6-12)15(19)11-4-7-16-14(10-11)20-13-2-1-3-13/h4,7,10,12-13,18H,1-3,5-6,8-9H2. The number of carbonyl (C=O) groups is 1. The fourth-order valence-electron chi connectivity index (χ4n) is 2.52. The van der Waals surface area contributed by atoms with Crippen molar-refractivity contribution in [3.63, 3.8) is 0 Å². The summed E-state index contributed by atoms with van der Waals surface area (Å²) in [5, 5.41) is 9.49. The van der Waals surface area contributed by atoms with Crippen LogP contribution in [-0.4, -0.2) is 46.2 Å². The van der Waals surface area contributed by atoms with E-state index in [-0.39, 0.29) is 18.1 Å². The molecular weight excluding hydrogens is 256 g/mol. The highest BCUT2D eigenvalue weighted by Gasteiger charge is 2.24. The van der Waals surface area contributed by atoms with Crippen LogP contribution in [0.25, 0.3) is 0 Å². The minimum Gasteiger partial charge on any atom is -0.474 e. The van der Waals surface area contributed by atoms with Crippen molar-refractivity contribution in [2.24, 2.45) is 0 Å². The van der Waals surface area contributed by atoms with Gasteiger partial charge in [-0.05, 0) is 38.2 Å². The van der Waals surface area contributed by atoms with Crippen LogP contribution in [0.1, 0.15) is 42.5 Å². The lowest BCUT2D eigenvalue weighted by Crippen LogP contribution is -2.40. The van der Waals surface area contributed by atoms with Gasteiger partial charge in [0.2, 0.25) is 5.88 Å². The highest BCUT2D eigenvalue weighted by atomic mass is 16.5. The fourth-order valence-corrected chi connectivity index (χ4v) is 2.52. The van der Waals surface area contributed by atoms with Crippen molar-refractivity contribution < 1.29 is 14.6 Å². The molecule has 5 nitrogen and oxygen atoms in total. The van der Waals surface area contributed by atoms with Gasteiger partial charge in [-0.1, -0.05) is 0 Å². The number of amides is 1. The first-order valence-corrected chi connectivity index (χ1v) is 7.32. The number of likely N-dealkylation sites (tertiary alicyclic amines) is 1. The van der Waals surface area contributed by atoms with Crippen LogP contribution in [0.5, 0.6) is 5.88 Å². The van der Waals surface area contributed by atoms with E-state index in [1.165, 1.54) is 6.42 Å². The molecule has 1 aliphatic heterocycles. The highest BCUT2D eigenvalue weighted by molar-refractivity contribution is 5.94. The van der Waals surface area contributed by atoms with Gasteiger partial charge in [-0.25, -0.2) is 4.98 Å². The minimum absolute atomic E-state index is 0.00207. The summed E-state index contributed by atoms with van der Waals surface area (Å²) in [4.78, 5) is 18.3. The smallest absolute Gasteiger partial charge is 0.254 e. The van der Waals surface area contributed by atoms with Crippen LogP contribution < -0.4 is 4.74 Å². The molecule has 1 saturated heterocycles. The van der Waals surface area contributed by atoms with Gasteiger partial charge in [-0.3, -0.25) is 4.79 Å². The molecule has 0 atom stereocenters. The topological polar surface area (TPSA) is 62.7 Å². The molecule has 0 spiro atoms. The Morgan fingerprint density at radius 3 is 2.70 bits per heavy atom. The number of aliphatic hydroxyl groups is 1. The van der Waals surface area contributed by atoms with Crippen LogP contribution in [0, 0.1) is 0 Å². The van der Waals surface area contributed by atoms with Gasteiger partial charge in [0.25, 0.3) is 5.91 Å². The molecule has 1 N–H and O–H groups in total. The first-order valence-electron chi connectivity index (χ1n) is 7.32. The van der Waals surface area contributed by atoms with Gasteiger partial charge in [0.15, 0.2) is 0 Å². The summed E-state index contributed by atoms with van der Waals surface area (Å²) in [6.07, 6.45) is 6.28. The van der Waals surface area contributed by atoms with E-state index in [0.29, 0.717) is 37.4 Å². The zero-order chi connectivity index (χ0) is 13.9. The number of nitrogens with zero attached hydrogens (tertiary/aromatic N) is 2. The molecule has 1 aromatic heterocycles. The first kappa shape index (κ1) is 13.4. The number of aromatic nitrogens is 1. The normalized spacial score (nSPS) is 20.6. The lowest BCUT2D eigenvalue weighted by Gasteiger charge is -2.30. The summed E-state index contributed by atoms with van der Waals surface area (Å²) in [5.41, 5.74) is 0.616. The lowest BCUT2D eigenvalue weighted by molar-refractivity contribution is 0.0545. The number of rotatable bonds is 3. The molecule has 108 valence electrons. The second kappa shape index (κ2) is 5.79. The van der Waals surface area contributed by atoms with E-state index in [0.717, 1.165) is 12.8 Å². The monoisotopic (exact) mass is 276 g/mol. The molecular formula is C15H20N2O3. The third-order valence-electron chi connectivity index (χ3n) is 4.07. The van der Waals surface area contributed by atoms with Crippen molar-refractivity contribution in [2.45, 2.75) is 44.3 Å². The Morgan fingerprint density at radius 1 is 1.30 bits per heavy atom. The Bertz CT molecular complexity index is 480. The van der Waals surface area contributed by atoms with E-state index in [4.69, 9.17) is 4.74 Å². The molecule has 1 aromatic rings. The SMILES string of the molecule is O=C(c1ccnc(OC2CCC2)c1)N1CCC(O)CC1. The maximum Gasteiger partial charge on any atom is 0.254 e. The summed E-state index contributed by atoms with van der Waals surface area (Å²) in [5.74, 6) is 0.537. The van der Waals surface area contributed by atoms with E-state index in [9.17, 15) is 9.90 Å². The quantitative estimate of drug-likeness (QED) is 0.911. The number of carbonyl (C=O) groups excluding carboxylic acids is 1. The average molecular weight is 276 g/mol. The zero-order valence-corrected chi connectivity index (χ0v) is 11.5. The molecule has 0 aromatic carbocycles. The van der Waals surface area contributed by atoms with E-state index in [1.807, 2.05) is 0 Å². The molecule has 0 bridgehead atoms. The summed E-state index contributed by atoms with van der Waals surface area (Å²) in [7, 11) is 0. The third-order valence-corrected chi connectivity index (χ3v) is 4.07. The van der Waals surface area contributed by atoms with Crippen LogP contribution in [0.3, 0.4) is 0 Å². The number of hydrogen-bond acceptors (Lipinski definition) is 4. The Morgan fingerprint density at radius 2 is 2.05 bits per heavy atom. The predicted molar refractivity (Wildman–Crippen MR) is 73.6 cm³/mol. The largest absolute Gasteiger partial charge is 0.474 e. The summed E-state index contributed by atoms with van der Waals surface area (Å²) >= 11 is 0. The van der Waals surface area contributed by atoms with Crippen molar-refractivity contribution in [1.82, 2.24) is 9.88 Å². The molecule has 2 aliphatic rings. The predicted octanol–water partition coefficient (Wildman–Crippen LogP) is 1.61. The van der Waals surface area contributed by atoms with Gasteiger partial charge in [0, 0.05) is 30.9 Å². The maximum absolute atomic E-state index is 12.4. The molecule has 0 radical (unpaired) electrons. The third kappa shape index (κ3) is 2.93. The number of aliphatic hydroxyl groups excluding tert-OH is 1. The molecule has 0 unspecified atom stereocenters. The van der Waals surface area contributed by atoms with Gasteiger partial charge in [0.05, 0.1) is 6.10 Å². The van der Waals surface area contributed by atoms with E-state index >= 15 is 0 Å². The van der Waals surface area contributed by atoms with Crippen LogP contribution in [-0.2, 0) is 0 Å². The van der Waals surface area contributed by atoms with Gasteiger partial charge >= 0.3 is 0 Å². The first-order chi connectivity index (χ1) is 9.72. The van der Waals surface area contributed by atoms with Crippen molar-refractivity contribution >= 4 is 5.91 Å². The van der Waals surface area contributed by atoms with Gasteiger partial charge in [-0.15, -0.1) is 0 Å². The molecule has 2 heterocycles. The van der Waals surface area contributed by atoms with E-state index < -0.39 is 0 Å². The average Bonchev–Trinajstić information content (AvgIpc) is 2.43. The Labute approximate surface area is 118 Å². The van der Waals surface area contributed by atoms with Crippen LogP contribution in [0.4, 0.5) is 0 Å². The summed E-state index contributed by atoms with van der Waals surface area (Å²) < 4.78 is 5.72. The highest BCUT2D eigenvalue weighted by Crippen LogP contribution is 2.24. The molecule has 1 amide bonds. The minimum atomic E-state index is -0.269. The van der Waals surface area contributed by atoms with Gasteiger partial charge in [-0.2, -0.15) is 0 Å². The number of hydrogen-bond donors (Lipinski definition) is 1. The van der Waals surface area contributed by atoms with Gasteiger partial charge in [0.1, 0.15) is 6.10 Å². The molecule has 3 rings (SSSR count). The number of piperidine rings is 1. The van der Waals surface area contributed by atoms with Crippen LogP contribution >= 0.6 is 0 Å². The number of pyridine rings is 1. The van der Waals surface area contributed by atoms with Crippen molar-refractivity contribution in [1.29, 1.82) is 0 Å². The second-order valence-electron chi connectivity index (χ2n) is 5.58. The van der Waals surface area contributed by atoms with Crippen LogP contribution in [0.2, 0.25) is 0 Å². The molecule has 2 fully saturated rings. The molecule has 1 saturated carbocycles.